The first-order valence-corrected chi connectivity index (χ1v) is 7.56. The topological polar surface area (TPSA) is 9.23 Å². The Morgan fingerprint density at radius 2 is 1.85 bits per heavy atom. The summed E-state index contributed by atoms with van der Waals surface area (Å²) in [5, 5.41) is 0.771. The van der Waals surface area contributed by atoms with Gasteiger partial charge in [-0.2, -0.15) is 0 Å². The van der Waals surface area contributed by atoms with E-state index >= 15 is 0 Å². The van der Waals surface area contributed by atoms with Gasteiger partial charge in [-0.1, -0.05) is 41.9 Å². The SMILES string of the molecule is COc1ccccc1CC(CCl)Cc1cccc(Cl)c1. The van der Waals surface area contributed by atoms with E-state index in [1.807, 2.05) is 36.4 Å². The lowest BCUT2D eigenvalue weighted by molar-refractivity contribution is 0.405. The van der Waals surface area contributed by atoms with E-state index in [9.17, 15) is 0 Å². The smallest absolute Gasteiger partial charge is 0.122 e. The molecular weight excluding hydrogens is 291 g/mol. The maximum atomic E-state index is 6.13. The molecule has 0 aliphatic carbocycles. The Hall–Kier alpha value is -1.18. The number of halogens is 2. The van der Waals surface area contributed by atoms with Crippen LogP contribution >= 0.6 is 23.2 Å². The monoisotopic (exact) mass is 308 g/mol. The van der Waals surface area contributed by atoms with Crippen molar-refractivity contribution in [2.45, 2.75) is 12.8 Å². The molecule has 0 bridgehead atoms. The lowest BCUT2D eigenvalue weighted by atomic mass is 9.93. The number of hydrogen-bond acceptors (Lipinski definition) is 1. The minimum absolute atomic E-state index is 0.367. The van der Waals surface area contributed by atoms with Crippen molar-refractivity contribution < 1.29 is 4.74 Å². The number of alkyl halides is 1. The van der Waals surface area contributed by atoms with Crippen LogP contribution in [0.15, 0.2) is 48.5 Å². The van der Waals surface area contributed by atoms with Crippen LogP contribution in [0.2, 0.25) is 5.02 Å². The van der Waals surface area contributed by atoms with E-state index in [2.05, 4.69) is 12.1 Å². The molecule has 0 radical (unpaired) electrons. The highest BCUT2D eigenvalue weighted by Crippen LogP contribution is 2.24. The summed E-state index contributed by atoms with van der Waals surface area (Å²) in [6.45, 7) is 0. The molecule has 1 atom stereocenters. The third-order valence-electron chi connectivity index (χ3n) is 3.33. The zero-order valence-electron chi connectivity index (χ0n) is 11.5. The van der Waals surface area contributed by atoms with E-state index in [0.717, 1.165) is 23.6 Å². The maximum Gasteiger partial charge on any atom is 0.122 e. The largest absolute Gasteiger partial charge is 0.496 e. The number of rotatable bonds is 6. The van der Waals surface area contributed by atoms with Gasteiger partial charge in [-0.3, -0.25) is 0 Å². The molecule has 1 unspecified atom stereocenters. The Morgan fingerprint density at radius 1 is 1.05 bits per heavy atom. The van der Waals surface area contributed by atoms with Crippen LogP contribution in [0.1, 0.15) is 11.1 Å². The summed E-state index contributed by atoms with van der Waals surface area (Å²) in [6.07, 6.45) is 1.82. The van der Waals surface area contributed by atoms with Crippen LogP contribution in [0.3, 0.4) is 0 Å². The van der Waals surface area contributed by atoms with Gasteiger partial charge in [0, 0.05) is 10.9 Å². The van der Waals surface area contributed by atoms with Gasteiger partial charge in [0.25, 0.3) is 0 Å². The average Bonchev–Trinajstić information content (AvgIpc) is 2.47. The molecule has 3 heteroatoms. The summed E-state index contributed by atoms with van der Waals surface area (Å²) in [5.74, 6) is 1.91. The molecule has 0 amide bonds. The van der Waals surface area contributed by atoms with Gasteiger partial charge in [0.2, 0.25) is 0 Å². The summed E-state index contributed by atoms with van der Waals surface area (Å²) < 4.78 is 5.40. The number of ether oxygens (including phenoxy) is 1. The van der Waals surface area contributed by atoms with Crippen LogP contribution in [-0.2, 0) is 12.8 Å². The second-order valence-electron chi connectivity index (χ2n) is 4.87. The Labute approximate surface area is 130 Å². The third-order valence-corrected chi connectivity index (χ3v) is 4.00. The van der Waals surface area contributed by atoms with Crippen molar-refractivity contribution in [1.82, 2.24) is 0 Å². The highest BCUT2D eigenvalue weighted by molar-refractivity contribution is 6.30. The van der Waals surface area contributed by atoms with Gasteiger partial charge in [0.1, 0.15) is 5.75 Å². The summed E-state index contributed by atoms with van der Waals surface area (Å²) >= 11 is 12.2. The van der Waals surface area contributed by atoms with Crippen molar-refractivity contribution >= 4 is 23.2 Å². The van der Waals surface area contributed by atoms with Crippen LogP contribution in [0.5, 0.6) is 5.75 Å². The predicted molar refractivity (Wildman–Crippen MR) is 86.1 cm³/mol. The van der Waals surface area contributed by atoms with Gasteiger partial charge in [-0.25, -0.2) is 0 Å². The summed E-state index contributed by atoms with van der Waals surface area (Å²) in [7, 11) is 1.70. The molecule has 0 saturated heterocycles. The molecule has 20 heavy (non-hydrogen) atoms. The van der Waals surface area contributed by atoms with Gasteiger partial charge in [0.15, 0.2) is 0 Å². The standard InChI is InChI=1S/C17H18Cl2O/c1-20-17-8-3-2-6-15(17)10-14(12-18)9-13-5-4-7-16(19)11-13/h2-8,11,14H,9-10,12H2,1H3. The Balaban J connectivity index is 2.09. The molecule has 0 heterocycles. The molecule has 2 aromatic rings. The fraction of sp³-hybridized carbons (Fsp3) is 0.294. The van der Waals surface area contributed by atoms with Crippen LogP contribution in [0.4, 0.5) is 0 Å². The first kappa shape index (κ1) is 15.2. The van der Waals surface area contributed by atoms with E-state index in [1.54, 1.807) is 7.11 Å². The van der Waals surface area contributed by atoms with E-state index < -0.39 is 0 Å². The lowest BCUT2D eigenvalue weighted by Crippen LogP contribution is -2.11. The molecule has 0 saturated carbocycles. The van der Waals surface area contributed by atoms with E-state index in [-0.39, 0.29) is 0 Å². The first-order valence-electron chi connectivity index (χ1n) is 6.65. The Kier molecular flexibility index (Phi) is 5.75. The minimum Gasteiger partial charge on any atom is -0.496 e. The van der Waals surface area contributed by atoms with Crippen molar-refractivity contribution in [3.05, 3.63) is 64.7 Å². The second kappa shape index (κ2) is 7.56. The highest BCUT2D eigenvalue weighted by atomic mass is 35.5. The van der Waals surface area contributed by atoms with Crippen molar-refractivity contribution in [2.75, 3.05) is 13.0 Å². The zero-order valence-corrected chi connectivity index (χ0v) is 13.0. The summed E-state index contributed by atoms with van der Waals surface area (Å²) in [4.78, 5) is 0. The van der Waals surface area contributed by atoms with Gasteiger partial charge < -0.3 is 4.74 Å². The van der Waals surface area contributed by atoms with Crippen LogP contribution < -0.4 is 4.74 Å². The number of hydrogen-bond donors (Lipinski definition) is 0. The van der Waals surface area contributed by atoms with Gasteiger partial charge in [-0.05, 0) is 48.1 Å². The van der Waals surface area contributed by atoms with Gasteiger partial charge in [0.05, 0.1) is 7.11 Å². The van der Waals surface area contributed by atoms with Crippen molar-refractivity contribution in [2.24, 2.45) is 5.92 Å². The molecule has 1 nitrogen and oxygen atoms in total. The van der Waals surface area contributed by atoms with Gasteiger partial charge >= 0.3 is 0 Å². The van der Waals surface area contributed by atoms with E-state index in [1.165, 1.54) is 11.1 Å². The Morgan fingerprint density at radius 3 is 2.55 bits per heavy atom. The molecule has 106 valence electrons. The molecule has 2 aromatic carbocycles. The van der Waals surface area contributed by atoms with Crippen LogP contribution in [-0.4, -0.2) is 13.0 Å². The lowest BCUT2D eigenvalue weighted by Gasteiger charge is -2.16. The zero-order chi connectivity index (χ0) is 14.4. The quantitative estimate of drug-likeness (QED) is 0.683. The van der Waals surface area contributed by atoms with E-state index in [0.29, 0.717) is 11.8 Å². The highest BCUT2D eigenvalue weighted by Gasteiger charge is 2.12. The normalized spacial score (nSPS) is 12.2. The molecule has 0 aliphatic rings. The fourth-order valence-electron chi connectivity index (χ4n) is 2.36. The van der Waals surface area contributed by atoms with Crippen LogP contribution in [0.25, 0.3) is 0 Å². The van der Waals surface area contributed by atoms with Crippen molar-refractivity contribution in [3.63, 3.8) is 0 Å². The summed E-state index contributed by atoms with van der Waals surface area (Å²) in [6, 6.07) is 16.1. The number of benzene rings is 2. The molecule has 2 rings (SSSR count). The number of methoxy groups -OCH3 is 1. The van der Waals surface area contributed by atoms with E-state index in [4.69, 9.17) is 27.9 Å². The molecule has 0 aliphatic heterocycles. The average molecular weight is 309 g/mol. The van der Waals surface area contributed by atoms with Gasteiger partial charge in [-0.15, -0.1) is 11.6 Å². The second-order valence-corrected chi connectivity index (χ2v) is 5.62. The molecular formula is C17H18Cl2O. The molecule has 0 aromatic heterocycles. The predicted octanol–water partition coefficient (Wildman–Crippen LogP) is 4.99. The number of para-hydroxylation sites is 1. The molecule has 0 spiro atoms. The van der Waals surface area contributed by atoms with Crippen molar-refractivity contribution in [1.29, 1.82) is 0 Å². The van der Waals surface area contributed by atoms with Crippen LogP contribution in [0, 0.1) is 5.92 Å². The fourth-order valence-corrected chi connectivity index (χ4v) is 2.79. The molecule has 0 fully saturated rings. The first-order chi connectivity index (χ1) is 9.72. The minimum atomic E-state index is 0.367. The third kappa shape index (κ3) is 4.16. The summed E-state index contributed by atoms with van der Waals surface area (Å²) in [5.41, 5.74) is 2.42. The molecule has 0 N–H and O–H groups in total. The van der Waals surface area contributed by atoms with Crippen molar-refractivity contribution in [3.8, 4) is 5.75 Å². The maximum absolute atomic E-state index is 6.13. The Bertz CT molecular complexity index is 554.